The van der Waals surface area contributed by atoms with Crippen LogP contribution in [0.2, 0.25) is 0 Å². The maximum absolute atomic E-state index is 3.69. The molecule has 0 aliphatic carbocycles. The zero-order valence-electron chi connectivity index (χ0n) is 13.6. The molecular formula is C20H29N. The molecule has 0 saturated heterocycles. The average Bonchev–Trinajstić information content (AvgIpc) is 2.51. The highest BCUT2D eigenvalue weighted by Gasteiger charge is 2.05. The molecule has 0 aliphatic rings. The van der Waals surface area contributed by atoms with Gasteiger partial charge >= 0.3 is 0 Å². The van der Waals surface area contributed by atoms with E-state index in [0.29, 0.717) is 6.04 Å². The summed E-state index contributed by atoms with van der Waals surface area (Å²) in [7, 11) is 0. The van der Waals surface area contributed by atoms with Crippen molar-refractivity contribution in [3.8, 4) is 0 Å². The van der Waals surface area contributed by atoms with Crippen molar-refractivity contribution < 1.29 is 0 Å². The predicted octanol–water partition coefficient (Wildman–Crippen LogP) is 6.39. The summed E-state index contributed by atoms with van der Waals surface area (Å²) in [4.78, 5) is 0. The largest absolute Gasteiger partial charge is 0.382 e. The fraction of sp³-hybridized carbons (Fsp3) is 0.500. The molecular weight excluding hydrogens is 254 g/mol. The Balaban J connectivity index is 1.80. The third-order valence-electron chi connectivity index (χ3n) is 4.18. The highest BCUT2D eigenvalue weighted by molar-refractivity contribution is 5.93. The van der Waals surface area contributed by atoms with Crippen LogP contribution in [0.1, 0.15) is 58.8 Å². The van der Waals surface area contributed by atoms with Gasteiger partial charge in [-0.3, -0.25) is 0 Å². The topological polar surface area (TPSA) is 12.0 Å². The van der Waals surface area contributed by atoms with Crippen LogP contribution in [0.4, 0.5) is 5.69 Å². The molecule has 0 aromatic heterocycles. The molecule has 0 radical (unpaired) electrons. The van der Waals surface area contributed by atoms with Crippen molar-refractivity contribution in [2.24, 2.45) is 0 Å². The van der Waals surface area contributed by atoms with Crippen LogP contribution in [0.25, 0.3) is 10.8 Å². The Kier molecular flexibility index (Phi) is 6.59. The number of nitrogens with one attached hydrogen (secondary N) is 1. The number of anilines is 1. The molecule has 2 aromatic carbocycles. The minimum atomic E-state index is 0.544. The van der Waals surface area contributed by atoms with Crippen molar-refractivity contribution >= 4 is 16.5 Å². The molecule has 0 amide bonds. The molecule has 1 unspecified atom stereocenters. The lowest BCUT2D eigenvalue weighted by Gasteiger charge is -2.17. The zero-order valence-corrected chi connectivity index (χ0v) is 13.6. The van der Waals surface area contributed by atoms with Gasteiger partial charge in [0.1, 0.15) is 0 Å². The van der Waals surface area contributed by atoms with E-state index in [1.54, 1.807) is 0 Å². The lowest BCUT2D eigenvalue weighted by atomic mass is 10.0. The lowest BCUT2D eigenvalue weighted by molar-refractivity contribution is 0.567. The van der Waals surface area contributed by atoms with Crippen molar-refractivity contribution in [3.63, 3.8) is 0 Å². The van der Waals surface area contributed by atoms with Crippen LogP contribution in [0.5, 0.6) is 0 Å². The molecule has 0 bridgehead atoms. The number of unbranched alkanes of at least 4 members (excludes halogenated alkanes) is 5. The summed E-state index contributed by atoms with van der Waals surface area (Å²) in [5.41, 5.74) is 1.27. The molecule has 114 valence electrons. The van der Waals surface area contributed by atoms with E-state index in [9.17, 15) is 0 Å². The molecule has 0 aliphatic heterocycles. The van der Waals surface area contributed by atoms with Crippen molar-refractivity contribution in [1.29, 1.82) is 0 Å². The molecule has 2 aromatic rings. The molecule has 0 fully saturated rings. The van der Waals surface area contributed by atoms with E-state index in [-0.39, 0.29) is 0 Å². The number of benzene rings is 2. The van der Waals surface area contributed by atoms with E-state index in [2.05, 4.69) is 61.6 Å². The Bertz CT molecular complexity index is 527. The molecule has 2 rings (SSSR count). The Hall–Kier alpha value is -1.50. The second kappa shape index (κ2) is 8.71. The zero-order chi connectivity index (χ0) is 14.9. The average molecular weight is 283 g/mol. The lowest BCUT2D eigenvalue weighted by Crippen LogP contribution is -2.15. The van der Waals surface area contributed by atoms with Gasteiger partial charge in [-0.05, 0) is 24.8 Å². The Morgan fingerprint density at radius 3 is 2.43 bits per heavy atom. The number of fused-ring (bicyclic) bond motifs is 1. The van der Waals surface area contributed by atoms with Crippen LogP contribution in [0.15, 0.2) is 42.5 Å². The summed E-state index contributed by atoms with van der Waals surface area (Å²) in [6.45, 7) is 4.57. The second-order valence-corrected chi connectivity index (χ2v) is 6.13. The minimum absolute atomic E-state index is 0.544. The summed E-state index contributed by atoms with van der Waals surface area (Å²) in [5.74, 6) is 0. The minimum Gasteiger partial charge on any atom is -0.382 e. The van der Waals surface area contributed by atoms with E-state index in [1.165, 1.54) is 61.4 Å². The summed E-state index contributed by atoms with van der Waals surface area (Å²) < 4.78 is 0. The van der Waals surface area contributed by atoms with E-state index in [4.69, 9.17) is 0 Å². The van der Waals surface area contributed by atoms with Gasteiger partial charge in [0.25, 0.3) is 0 Å². The first kappa shape index (κ1) is 15.9. The number of rotatable bonds is 9. The predicted molar refractivity (Wildman–Crippen MR) is 95.0 cm³/mol. The monoisotopic (exact) mass is 283 g/mol. The first-order chi connectivity index (χ1) is 10.3. The van der Waals surface area contributed by atoms with Gasteiger partial charge in [-0.2, -0.15) is 0 Å². The molecule has 0 saturated carbocycles. The van der Waals surface area contributed by atoms with Crippen LogP contribution in [-0.4, -0.2) is 6.04 Å². The molecule has 1 nitrogen and oxygen atoms in total. The van der Waals surface area contributed by atoms with E-state index in [1.807, 2.05) is 0 Å². The van der Waals surface area contributed by atoms with Gasteiger partial charge < -0.3 is 5.32 Å². The van der Waals surface area contributed by atoms with E-state index >= 15 is 0 Å². The maximum Gasteiger partial charge on any atom is 0.0421 e. The van der Waals surface area contributed by atoms with E-state index in [0.717, 1.165) is 0 Å². The van der Waals surface area contributed by atoms with Crippen LogP contribution < -0.4 is 5.32 Å². The van der Waals surface area contributed by atoms with Gasteiger partial charge in [0, 0.05) is 17.1 Å². The normalized spacial score (nSPS) is 12.5. The van der Waals surface area contributed by atoms with Crippen LogP contribution in [-0.2, 0) is 0 Å². The third-order valence-corrected chi connectivity index (χ3v) is 4.18. The second-order valence-electron chi connectivity index (χ2n) is 6.13. The van der Waals surface area contributed by atoms with Crippen molar-refractivity contribution in [2.45, 2.75) is 64.8 Å². The van der Waals surface area contributed by atoms with Crippen LogP contribution in [0, 0.1) is 0 Å². The molecule has 1 heteroatoms. The third kappa shape index (κ3) is 5.08. The standard InChI is InChI=1S/C20H29N/c1-3-4-5-6-7-8-12-17(2)21-20-16-11-14-18-13-9-10-15-19(18)20/h9-11,13-17,21H,3-8,12H2,1-2H3. The van der Waals surface area contributed by atoms with Crippen molar-refractivity contribution in [1.82, 2.24) is 0 Å². The first-order valence-corrected chi connectivity index (χ1v) is 8.55. The summed E-state index contributed by atoms with van der Waals surface area (Å²) in [6.07, 6.45) is 9.50. The summed E-state index contributed by atoms with van der Waals surface area (Å²) in [5, 5.41) is 6.33. The van der Waals surface area contributed by atoms with Gasteiger partial charge in [0.2, 0.25) is 0 Å². The van der Waals surface area contributed by atoms with Gasteiger partial charge in [-0.1, -0.05) is 81.8 Å². The fourth-order valence-corrected chi connectivity index (χ4v) is 2.92. The van der Waals surface area contributed by atoms with Crippen LogP contribution >= 0.6 is 0 Å². The highest BCUT2D eigenvalue weighted by Crippen LogP contribution is 2.24. The van der Waals surface area contributed by atoms with Gasteiger partial charge in [0.05, 0.1) is 0 Å². The maximum atomic E-state index is 3.69. The molecule has 1 atom stereocenters. The van der Waals surface area contributed by atoms with E-state index < -0.39 is 0 Å². The Morgan fingerprint density at radius 1 is 0.857 bits per heavy atom. The first-order valence-electron chi connectivity index (χ1n) is 8.55. The summed E-state index contributed by atoms with van der Waals surface area (Å²) in [6, 6.07) is 15.7. The quantitative estimate of drug-likeness (QED) is 0.526. The van der Waals surface area contributed by atoms with Crippen LogP contribution in [0.3, 0.4) is 0 Å². The Labute approximate surface area is 129 Å². The number of hydrogen-bond acceptors (Lipinski definition) is 1. The van der Waals surface area contributed by atoms with Crippen molar-refractivity contribution in [3.05, 3.63) is 42.5 Å². The number of hydrogen-bond donors (Lipinski definition) is 1. The Morgan fingerprint density at radius 2 is 1.57 bits per heavy atom. The smallest absolute Gasteiger partial charge is 0.0421 e. The molecule has 21 heavy (non-hydrogen) atoms. The van der Waals surface area contributed by atoms with Crippen molar-refractivity contribution in [2.75, 3.05) is 5.32 Å². The fourth-order valence-electron chi connectivity index (χ4n) is 2.92. The molecule has 0 heterocycles. The molecule has 0 spiro atoms. The molecule has 1 N–H and O–H groups in total. The van der Waals surface area contributed by atoms with Gasteiger partial charge in [-0.25, -0.2) is 0 Å². The van der Waals surface area contributed by atoms with Gasteiger partial charge in [0.15, 0.2) is 0 Å². The van der Waals surface area contributed by atoms with Gasteiger partial charge in [-0.15, -0.1) is 0 Å². The summed E-state index contributed by atoms with van der Waals surface area (Å²) >= 11 is 0. The SMILES string of the molecule is CCCCCCCCC(C)Nc1cccc2ccccc12. The highest BCUT2D eigenvalue weighted by atomic mass is 14.9.